The molecule has 1 unspecified atom stereocenters. The molecular formula is C32H97N39O18. The summed E-state index contributed by atoms with van der Waals surface area (Å²) in [5.74, 6) is -37.7. The number of nitrogens with one attached hydrogen (secondary N) is 1. The predicted octanol–water partition coefficient (Wildman–Crippen LogP) is -25.3. The molecule has 0 rings (SSSR count). The largest absolute Gasteiger partial charge is 0.431 e. The minimum atomic E-state index is -2.58. The lowest BCUT2D eigenvalue weighted by Crippen LogP contribution is -2.67. The van der Waals surface area contributed by atoms with Crippen molar-refractivity contribution in [3.63, 3.8) is 0 Å². The van der Waals surface area contributed by atoms with Crippen LogP contribution in [0.15, 0.2) is 0 Å². The highest BCUT2D eigenvalue weighted by molar-refractivity contribution is 5.78. The van der Waals surface area contributed by atoms with Gasteiger partial charge in [-0.25, -0.2) is 4.79 Å². The molecule has 1 amide bonds. The molecule has 89 heavy (non-hydrogen) atoms. The zero-order chi connectivity index (χ0) is 71.9. The summed E-state index contributed by atoms with van der Waals surface area (Å²) >= 11 is 0. The predicted molar refractivity (Wildman–Crippen MR) is 299 cm³/mol. The van der Waals surface area contributed by atoms with E-state index in [0.29, 0.717) is 0 Å². The van der Waals surface area contributed by atoms with Crippen molar-refractivity contribution in [1.82, 2.24) is 11.5 Å². The van der Waals surface area contributed by atoms with Crippen LogP contribution in [0, 0.1) is 0 Å². The molecule has 0 heterocycles. The average Bonchev–Trinajstić information content (AvgIpc) is 3.05. The van der Waals surface area contributed by atoms with Gasteiger partial charge >= 0.3 is 53.8 Å². The Morgan fingerprint density at radius 1 is 0.258 bits per heavy atom. The smallest absolute Gasteiger partial charge is 0.415 e. The Hall–Kier alpha value is -6.49. The van der Waals surface area contributed by atoms with Crippen molar-refractivity contribution in [3.05, 3.63) is 0 Å². The highest BCUT2D eigenvalue weighted by Gasteiger charge is 2.41. The molecule has 0 aromatic carbocycles. The molecule has 0 saturated carbocycles. The van der Waals surface area contributed by atoms with E-state index < -0.39 is 181 Å². The quantitative estimate of drug-likeness (QED) is 0.0217. The monoisotopic (exact) mass is 1320 g/mol. The minimum Gasteiger partial charge on any atom is -0.431 e. The van der Waals surface area contributed by atoms with Crippen LogP contribution >= 0.6 is 0 Å². The van der Waals surface area contributed by atoms with Gasteiger partial charge in [0.15, 0.2) is 5.91 Å². The van der Waals surface area contributed by atoms with E-state index in [-0.39, 0.29) is 12.6 Å². The molecule has 57 heteroatoms. The molecular weight excluding hydrogens is 1220 g/mol. The van der Waals surface area contributed by atoms with E-state index in [2.05, 4.69) is 60.8 Å². The van der Waals surface area contributed by atoms with E-state index in [1.807, 2.05) is 0 Å². The minimum absolute atomic E-state index is 0. The molecule has 0 aromatic heterocycles. The summed E-state index contributed by atoms with van der Waals surface area (Å²) in [7, 11) is 0. The Labute approximate surface area is 503 Å². The maximum absolute atomic E-state index is 11.8. The summed E-state index contributed by atoms with van der Waals surface area (Å²) in [4.78, 5) is 103. The highest BCUT2D eigenvalue weighted by Crippen LogP contribution is 2.14. The van der Waals surface area contributed by atoms with Crippen molar-refractivity contribution in [2.75, 3.05) is 0 Å². The third-order valence-corrected chi connectivity index (χ3v) is 6.47. The van der Waals surface area contributed by atoms with Gasteiger partial charge in [0.1, 0.15) is 48.8 Å². The van der Waals surface area contributed by atoms with Gasteiger partial charge in [0.05, 0.1) is 25.7 Å². The van der Waals surface area contributed by atoms with Crippen molar-refractivity contribution < 1.29 is 85.8 Å². The Morgan fingerprint density at radius 3 is 0.640 bits per heavy atom. The summed E-state index contributed by atoms with van der Waals surface area (Å²) < 4.78 is 40.3. The number of hydrogen-bond donors (Lipinski definition) is 39. The van der Waals surface area contributed by atoms with Crippen LogP contribution in [-0.2, 0) is 81.0 Å². The second-order valence-corrected chi connectivity index (χ2v) is 19.5. The lowest BCUT2D eigenvalue weighted by atomic mass is 10.2. The van der Waals surface area contributed by atoms with Gasteiger partial charge in [0, 0.05) is 6.92 Å². The molecule has 0 bridgehead atoms. The van der Waals surface area contributed by atoms with Crippen LogP contribution in [0.25, 0.3) is 0 Å². The Balaban J connectivity index is -0.000000258. The van der Waals surface area contributed by atoms with Crippen LogP contribution in [0.4, 0.5) is 4.79 Å². The number of carbonyl (C=O) groups is 9. The first-order valence-electron chi connectivity index (χ1n) is 22.8. The van der Waals surface area contributed by atoms with E-state index in [4.69, 9.17) is 194 Å². The molecule has 0 spiro atoms. The van der Waals surface area contributed by atoms with E-state index in [0.717, 1.165) is 0 Å². The van der Waals surface area contributed by atoms with Gasteiger partial charge in [0.2, 0.25) is 23.4 Å². The van der Waals surface area contributed by atoms with E-state index in [9.17, 15) is 43.2 Å². The van der Waals surface area contributed by atoms with Crippen LogP contribution in [0.3, 0.4) is 0 Å². The second kappa shape index (κ2) is 35.2. The summed E-state index contributed by atoms with van der Waals surface area (Å²) in [5.41, 5.74) is 190. The fourth-order valence-corrected chi connectivity index (χ4v) is 4.43. The van der Waals surface area contributed by atoms with E-state index in [1.54, 1.807) is 5.32 Å². The van der Waals surface area contributed by atoms with Gasteiger partial charge in [-0.1, -0.05) is 0 Å². The van der Waals surface area contributed by atoms with Crippen LogP contribution in [0.1, 0.15) is 58.3 Å². The number of rotatable bonds is 26. The number of carbonyl (C=O) groups excluding carboxylic acids is 9. The number of ether oxygens (including phenoxy) is 9. The molecule has 528 valence electrons. The standard InChI is InChI=1S/C10H26N10O6.C9H25N11O6.C7H20N8O4.C5H15N5O2.CH8N4.H3N/c11-7(12,13)1-4(21)24-8(14,15)2-5(22)25-9(16,17)3-6(23)26-10(18,19)20;10-6(11,12)1-3(21)24-7(13,2-4(22)25-8(14,15)16)20-5(23)26-9(17,18)19;8-5(9,10)1-3(16)18-6(11,12)2-4(17)19-7(13,14)15;1-4(6,7)12-3(11)2-5(8,9)10;2-1(3,4)5;/h1-3,11-20H2;1-2,10-19H2,(H,20,23);1-2,8-15H2;2,6-10H2,1H3;2-5H2;1H3. The molecule has 1 atom stereocenters. The zero-order valence-corrected chi connectivity index (χ0v) is 48.1. The second-order valence-electron chi connectivity index (χ2n) is 19.5. The molecule has 0 radical (unpaired) electrons. The normalized spacial score (nSPS) is 13.4. The molecule has 78 N–H and O–H groups in total. The fourth-order valence-electron chi connectivity index (χ4n) is 4.43. The molecule has 0 aromatic rings. The third-order valence-electron chi connectivity index (χ3n) is 6.47. The number of alkyl carbamates (subject to hydrolysis) is 1. The molecule has 57 nitrogen and oxygen atoms in total. The Bertz CT molecular complexity index is 2080. The lowest BCUT2D eigenvalue weighted by molar-refractivity contribution is -0.180. The van der Waals surface area contributed by atoms with E-state index >= 15 is 0 Å². The van der Waals surface area contributed by atoms with Gasteiger partial charge < -0.3 is 118 Å². The topological polar surface area (TPSA) is 1250 Å². The zero-order valence-electron chi connectivity index (χ0n) is 48.1. The summed E-state index contributed by atoms with van der Waals surface area (Å²) in [6, 6.07) is 0. The van der Waals surface area contributed by atoms with Crippen molar-refractivity contribution in [2.45, 2.75) is 140 Å². The van der Waals surface area contributed by atoms with Gasteiger partial charge in [0.25, 0.3) is 29.7 Å². The first-order chi connectivity index (χ1) is 37.9. The summed E-state index contributed by atoms with van der Waals surface area (Å²) in [6.07, 6.45) is -7.38. The number of nitrogens with two attached hydrogens (primary N) is 37. The van der Waals surface area contributed by atoms with Crippen LogP contribution in [0.2, 0.25) is 0 Å². The summed E-state index contributed by atoms with van der Waals surface area (Å²) in [6.45, 7) is 1.32. The van der Waals surface area contributed by atoms with Gasteiger partial charge in [-0.05, 0) is 0 Å². The Kier molecular flexibility index (Phi) is 37.0. The number of esters is 8. The maximum atomic E-state index is 11.8. The Morgan fingerprint density at radius 2 is 0.438 bits per heavy atom. The van der Waals surface area contributed by atoms with Crippen molar-refractivity contribution >= 4 is 53.8 Å². The molecule has 0 aliphatic heterocycles. The average molecular weight is 1320 g/mol. The summed E-state index contributed by atoms with van der Waals surface area (Å²) in [5, 5.41) is 1.77. The maximum Gasteiger partial charge on any atom is 0.415 e. The first-order valence-corrected chi connectivity index (χ1v) is 22.8. The van der Waals surface area contributed by atoms with Gasteiger partial charge in [-0.2, -0.15) is 0 Å². The third kappa shape index (κ3) is 73.9. The lowest BCUT2D eigenvalue weighted by Gasteiger charge is -2.31. The van der Waals surface area contributed by atoms with Crippen molar-refractivity contribution in [3.8, 4) is 0 Å². The molecule has 0 saturated heterocycles. The van der Waals surface area contributed by atoms with Gasteiger partial charge in [-0.15, -0.1) is 0 Å². The van der Waals surface area contributed by atoms with E-state index in [1.165, 1.54) is 6.92 Å². The van der Waals surface area contributed by atoms with Crippen LogP contribution in [0.5, 0.6) is 0 Å². The van der Waals surface area contributed by atoms with Crippen molar-refractivity contribution in [2.24, 2.45) is 212 Å². The molecule has 0 fully saturated rings. The SMILES string of the molecule is CC(N)(N)OC(=O)CC(N)(N)N.N.NC(N)(N)CC(=O)OC(N)(CC(=O)OC(N)(N)N)NC(=O)OC(N)(N)N.NC(N)(N)CC(=O)OC(N)(N)CC(=O)OC(N)(N)CC(=O)OC(N)(N)N.NC(N)(N)CC(=O)OC(N)(N)CC(=O)OC(N)(N)N.NC(N)(N)N. The van der Waals surface area contributed by atoms with Crippen molar-refractivity contribution in [1.29, 1.82) is 0 Å². The molecule has 0 aliphatic carbocycles. The first kappa shape index (κ1) is 93.6. The molecule has 0 aliphatic rings. The van der Waals surface area contributed by atoms with Gasteiger partial charge in [-0.3, -0.25) is 187 Å². The number of hydrogen-bond acceptors (Lipinski definition) is 56. The van der Waals surface area contributed by atoms with Crippen LogP contribution in [-0.4, -0.2) is 136 Å². The fraction of sp³-hybridized carbons (Fsp3) is 0.719. The highest BCUT2D eigenvalue weighted by atomic mass is 16.6. The van der Waals surface area contributed by atoms with Crippen LogP contribution < -0.4 is 224 Å². The number of amides is 1.